The van der Waals surface area contributed by atoms with Crippen LogP contribution in [-0.2, 0) is 45.0 Å². The van der Waals surface area contributed by atoms with Crippen molar-refractivity contribution in [2.75, 3.05) is 7.11 Å². The third-order valence-corrected chi connectivity index (χ3v) is 8.19. The molecule has 0 amide bonds. The SMILES string of the molecule is C=CC1=C(C)c2cc3[n-]c(cc4nc(cc5[n-]c(cc1n2)c(C)c5CCC(=O)OC)C(CCC)=C4C)c(C)c3C=C.O=C=O.[Zn+2]. The summed E-state index contributed by atoms with van der Waals surface area (Å²) >= 11 is 0. The van der Waals surface area contributed by atoms with Crippen molar-refractivity contribution >= 4 is 62.6 Å². The number of rotatable bonds is 7. The minimum atomic E-state index is -0.246. The first kappa shape index (κ1) is 35.0. The van der Waals surface area contributed by atoms with Crippen LogP contribution in [0.1, 0.15) is 85.1 Å². The van der Waals surface area contributed by atoms with Crippen LogP contribution < -0.4 is 9.97 Å². The summed E-state index contributed by atoms with van der Waals surface area (Å²) in [5.41, 5.74) is 15.2. The van der Waals surface area contributed by atoms with Gasteiger partial charge in [0.05, 0.1) is 29.9 Å². The van der Waals surface area contributed by atoms with Gasteiger partial charge in [-0.25, -0.2) is 9.97 Å². The second-order valence-electron chi connectivity index (χ2n) is 10.7. The summed E-state index contributed by atoms with van der Waals surface area (Å²) in [4.78, 5) is 48.5. The summed E-state index contributed by atoms with van der Waals surface area (Å²) < 4.78 is 4.94. The fourth-order valence-corrected chi connectivity index (χ4v) is 5.73. The second kappa shape index (κ2) is 15.0. The van der Waals surface area contributed by atoms with E-state index in [1.165, 1.54) is 12.7 Å². The van der Waals surface area contributed by atoms with E-state index in [1.54, 1.807) is 0 Å². The summed E-state index contributed by atoms with van der Waals surface area (Å²) in [6.45, 7) is 18.6. The molecule has 0 spiro atoms. The average Bonchev–Trinajstić information content (AvgIpc) is 3.66. The summed E-state index contributed by atoms with van der Waals surface area (Å²) in [5, 5.41) is 0. The molecule has 8 bridgehead atoms. The van der Waals surface area contributed by atoms with Crippen molar-refractivity contribution in [1.82, 2.24) is 19.9 Å². The van der Waals surface area contributed by atoms with E-state index in [0.29, 0.717) is 6.42 Å². The first-order valence-electron chi connectivity index (χ1n) is 14.5. The molecule has 0 N–H and O–H groups in total. The van der Waals surface area contributed by atoms with Gasteiger partial charge in [0.15, 0.2) is 0 Å². The van der Waals surface area contributed by atoms with Gasteiger partial charge in [-0.1, -0.05) is 79.6 Å². The maximum atomic E-state index is 12.1. The number of nitrogens with zero attached hydrogens (tertiary/aromatic N) is 4. The third-order valence-electron chi connectivity index (χ3n) is 8.19. The van der Waals surface area contributed by atoms with Crippen molar-refractivity contribution in [3.8, 4) is 0 Å². The topological polar surface area (TPSA) is 114 Å². The van der Waals surface area contributed by atoms with Gasteiger partial charge < -0.3 is 14.7 Å². The van der Waals surface area contributed by atoms with E-state index in [0.717, 1.165) is 96.7 Å². The molecule has 0 saturated heterocycles. The zero-order valence-corrected chi connectivity index (χ0v) is 29.8. The zero-order chi connectivity index (χ0) is 32.1. The van der Waals surface area contributed by atoms with Crippen LogP contribution >= 0.6 is 0 Å². The van der Waals surface area contributed by atoms with E-state index in [4.69, 9.17) is 34.3 Å². The molecular weight excluding hydrogens is 618 g/mol. The van der Waals surface area contributed by atoms with Gasteiger partial charge in [-0.05, 0) is 62.8 Å². The van der Waals surface area contributed by atoms with Gasteiger partial charge in [-0.15, -0.1) is 22.1 Å². The fourth-order valence-electron chi connectivity index (χ4n) is 5.73. The normalized spacial score (nSPS) is 12.1. The minimum Gasteiger partial charge on any atom is -0.657 e. The van der Waals surface area contributed by atoms with Gasteiger partial charge in [0.2, 0.25) is 0 Å². The molecule has 0 radical (unpaired) electrons. The van der Waals surface area contributed by atoms with Crippen molar-refractivity contribution in [2.24, 2.45) is 0 Å². The molecule has 0 fully saturated rings. The van der Waals surface area contributed by atoms with E-state index < -0.39 is 0 Å². The van der Waals surface area contributed by atoms with E-state index >= 15 is 0 Å². The molecular formula is C36H36N4O4Zn. The molecule has 0 saturated carbocycles. The number of fused-ring (bicyclic) bond motifs is 8. The van der Waals surface area contributed by atoms with Crippen LogP contribution in [0.3, 0.4) is 0 Å². The van der Waals surface area contributed by atoms with Gasteiger partial charge in [-0.3, -0.25) is 4.79 Å². The Morgan fingerprint density at radius 1 is 0.822 bits per heavy atom. The van der Waals surface area contributed by atoms with Crippen LogP contribution in [0.4, 0.5) is 0 Å². The Morgan fingerprint density at radius 3 is 2.00 bits per heavy atom. The van der Waals surface area contributed by atoms with Crippen LogP contribution in [-0.4, -0.2) is 29.2 Å². The average molecular weight is 654 g/mol. The summed E-state index contributed by atoms with van der Waals surface area (Å²) in [7, 11) is 1.42. The summed E-state index contributed by atoms with van der Waals surface area (Å²) in [6.07, 6.45) is 6.66. The number of ether oxygens (including phenoxy) is 1. The number of carbonyl (C=O) groups excluding carboxylic acids is 3. The predicted molar refractivity (Wildman–Crippen MR) is 174 cm³/mol. The standard InChI is InChI=1S/C35H36N4O2.CO2.Zn/c1-9-12-25-21(6)28-15-27-19(4)23(10-2)31(36-27)16-29-20(5)24(11-3)32(37-29)17-30-22(7)26(13-14-35(40)41-8)34(39-30)18-33(25)38-28;2-1-3;/h10-11,15-18H,2-3,9,12-14H2,1,4-8H3;;/q-2;;+2. The number of hydrogen-bond acceptors (Lipinski definition) is 6. The molecule has 2 aliphatic rings. The Bertz CT molecular complexity index is 1940. The predicted octanol–water partition coefficient (Wildman–Crippen LogP) is 7.20. The zero-order valence-electron chi connectivity index (χ0n) is 26.8. The number of esters is 1. The smallest absolute Gasteiger partial charge is 0.657 e. The molecule has 0 aliphatic carbocycles. The molecule has 226 valence electrons. The summed E-state index contributed by atoms with van der Waals surface area (Å²) in [6, 6.07) is 8.19. The van der Waals surface area contributed by atoms with Gasteiger partial charge in [0, 0.05) is 12.0 Å². The number of allylic oxidation sites excluding steroid dienone is 5. The van der Waals surface area contributed by atoms with Gasteiger partial charge >= 0.3 is 31.6 Å². The second-order valence-corrected chi connectivity index (χ2v) is 10.7. The quantitative estimate of drug-likeness (QED) is 0.194. The van der Waals surface area contributed by atoms with E-state index in [9.17, 15) is 4.79 Å². The number of carbonyl (C=O) groups is 1. The minimum absolute atomic E-state index is 0. The molecule has 45 heavy (non-hydrogen) atoms. The fraction of sp³-hybridized carbons (Fsp3) is 0.278. The van der Waals surface area contributed by atoms with Crippen molar-refractivity contribution in [2.45, 2.75) is 60.3 Å². The molecule has 3 aromatic rings. The van der Waals surface area contributed by atoms with Crippen molar-refractivity contribution in [1.29, 1.82) is 0 Å². The molecule has 2 aliphatic heterocycles. The number of methoxy groups -OCH3 is 1. The first-order valence-corrected chi connectivity index (χ1v) is 14.5. The van der Waals surface area contributed by atoms with Crippen LogP contribution in [0.2, 0.25) is 0 Å². The summed E-state index contributed by atoms with van der Waals surface area (Å²) in [5.74, 6) is -0.246. The first-order chi connectivity index (χ1) is 21.1. The van der Waals surface area contributed by atoms with Crippen LogP contribution in [0.5, 0.6) is 0 Å². The monoisotopic (exact) mass is 652 g/mol. The number of aromatic nitrogens is 4. The Labute approximate surface area is 276 Å². The van der Waals surface area contributed by atoms with Gasteiger partial charge in [-0.2, -0.15) is 9.59 Å². The van der Waals surface area contributed by atoms with Gasteiger partial charge in [0.25, 0.3) is 0 Å². The molecule has 0 atom stereocenters. The number of hydrogen-bond donors (Lipinski definition) is 0. The Balaban J connectivity index is 0.00000133. The Morgan fingerprint density at radius 2 is 1.38 bits per heavy atom. The maximum absolute atomic E-state index is 12.1. The molecule has 3 aromatic heterocycles. The molecule has 9 heteroatoms. The van der Waals surface area contributed by atoms with Crippen LogP contribution in [0, 0.1) is 13.8 Å². The molecule has 5 rings (SSSR count). The molecule has 0 aromatic carbocycles. The van der Waals surface area contributed by atoms with Gasteiger partial charge in [0.1, 0.15) is 0 Å². The number of aryl methyl sites for hydroxylation is 3. The van der Waals surface area contributed by atoms with Crippen molar-refractivity contribution < 1.29 is 38.6 Å². The van der Waals surface area contributed by atoms with Crippen LogP contribution in [0.15, 0.2) is 43.5 Å². The Hall–Kier alpha value is -4.45. The van der Waals surface area contributed by atoms with E-state index in [1.807, 2.05) is 24.3 Å². The van der Waals surface area contributed by atoms with E-state index in [-0.39, 0.29) is 38.0 Å². The van der Waals surface area contributed by atoms with E-state index in [2.05, 4.69) is 59.9 Å². The third kappa shape index (κ3) is 6.96. The van der Waals surface area contributed by atoms with Crippen molar-refractivity contribution in [3.05, 3.63) is 88.5 Å². The van der Waals surface area contributed by atoms with Crippen LogP contribution in [0.25, 0.3) is 50.4 Å². The maximum Gasteiger partial charge on any atom is 2.00 e. The molecule has 5 heterocycles. The largest absolute Gasteiger partial charge is 2.00 e. The molecule has 0 unspecified atom stereocenters. The Kier molecular flexibility index (Phi) is 11.7. The molecule has 8 nitrogen and oxygen atoms in total. The van der Waals surface area contributed by atoms with Crippen molar-refractivity contribution in [3.63, 3.8) is 0 Å².